The molecule has 3 nitrogen and oxygen atoms in total. The highest BCUT2D eigenvalue weighted by atomic mass is 35.5. The molecule has 4 heteroatoms. The lowest BCUT2D eigenvalue weighted by Gasteiger charge is -2.16. The molecule has 0 aliphatic heterocycles. The molecule has 1 aromatic rings. The monoisotopic (exact) mass is 229 g/mol. The molecular formula is C11H16ClNO2. The normalized spacial score (nSPS) is 12.3. The second-order valence-corrected chi connectivity index (χ2v) is 3.78. The van der Waals surface area contributed by atoms with Gasteiger partial charge in [-0.05, 0) is 18.5 Å². The molecule has 0 aliphatic rings. The first-order chi connectivity index (χ1) is 7.13. The summed E-state index contributed by atoms with van der Waals surface area (Å²) < 4.78 is 10.4. The fraction of sp³-hybridized carbons (Fsp3) is 0.455. The fourth-order valence-electron chi connectivity index (χ4n) is 1.42. The van der Waals surface area contributed by atoms with Crippen molar-refractivity contribution in [2.75, 3.05) is 20.8 Å². The van der Waals surface area contributed by atoms with Crippen molar-refractivity contribution in [3.8, 4) is 11.5 Å². The van der Waals surface area contributed by atoms with E-state index < -0.39 is 0 Å². The Kier molecular flexibility index (Phi) is 4.24. The van der Waals surface area contributed by atoms with Gasteiger partial charge in [0.15, 0.2) is 0 Å². The Morgan fingerprint density at radius 1 is 1.33 bits per heavy atom. The Hall–Kier alpha value is -0.930. The maximum atomic E-state index is 6.07. The summed E-state index contributed by atoms with van der Waals surface area (Å²) >= 11 is 6.07. The van der Waals surface area contributed by atoms with Gasteiger partial charge in [0, 0.05) is 11.6 Å². The van der Waals surface area contributed by atoms with Crippen LogP contribution in [0.25, 0.3) is 0 Å². The largest absolute Gasteiger partial charge is 0.497 e. The van der Waals surface area contributed by atoms with Gasteiger partial charge in [-0.3, -0.25) is 0 Å². The second kappa shape index (κ2) is 5.24. The highest BCUT2D eigenvalue weighted by Crippen LogP contribution is 2.36. The Labute approximate surface area is 95.1 Å². The van der Waals surface area contributed by atoms with E-state index in [1.165, 1.54) is 0 Å². The topological polar surface area (TPSA) is 44.5 Å². The maximum absolute atomic E-state index is 6.07. The Morgan fingerprint density at radius 2 is 2.00 bits per heavy atom. The third-order valence-corrected chi connectivity index (χ3v) is 2.65. The van der Waals surface area contributed by atoms with E-state index in [-0.39, 0.29) is 5.92 Å². The van der Waals surface area contributed by atoms with E-state index in [9.17, 15) is 0 Å². The number of rotatable bonds is 4. The number of hydrogen-bond acceptors (Lipinski definition) is 3. The first kappa shape index (κ1) is 12.1. The minimum atomic E-state index is 0.188. The third-order valence-electron chi connectivity index (χ3n) is 2.37. The summed E-state index contributed by atoms with van der Waals surface area (Å²) in [6.07, 6.45) is 0. The van der Waals surface area contributed by atoms with Crippen molar-refractivity contribution in [1.82, 2.24) is 0 Å². The van der Waals surface area contributed by atoms with E-state index in [1.807, 2.05) is 13.0 Å². The zero-order chi connectivity index (χ0) is 11.4. The predicted octanol–water partition coefficient (Wildman–Crippen LogP) is 2.42. The smallest absolute Gasteiger partial charge is 0.141 e. The molecule has 1 rings (SSSR count). The van der Waals surface area contributed by atoms with E-state index >= 15 is 0 Å². The van der Waals surface area contributed by atoms with Crippen molar-refractivity contribution < 1.29 is 9.47 Å². The predicted molar refractivity (Wildman–Crippen MR) is 62.0 cm³/mol. The van der Waals surface area contributed by atoms with Gasteiger partial charge in [-0.25, -0.2) is 0 Å². The molecule has 84 valence electrons. The summed E-state index contributed by atoms with van der Waals surface area (Å²) in [5.41, 5.74) is 6.61. The van der Waals surface area contributed by atoms with Gasteiger partial charge in [0.05, 0.1) is 19.2 Å². The minimum absolute atomic E-state index is 0.188. The molecule has 15 heavy (non-hydrogen) atoms. The molecule has 0 fully saturated rings. The molecule has 0 aliphatic carbocycles. The van der Waals surface area contributed by atoms with E-state index in [2.05, 4.69) is 0 Å². The molecule has 0 heterocycles. The molecule has 0 spiro atoms. The van der Waals surface area contributed by atoms with Crippen LogP contribution in [0.4, 0.5) is 0 Å². The van der Waals surface area contributed by atoms with Crippen molar-refractivity contribution in [3.05, 3.63) is 22.7 Å². The van der Waals surface area contributed by atoms with Crippen LogP contribution in [0.3, 0.4) is 0 Å². The summed E-state index contributed by atoms with van der Waals surface area (Å²) in [5, 5.41) is 0.548. The zero-order valence-corrected chi connectivity index (χ0v) is 9.97. The van der Waals surface area contributed by atoms with Gasteiger partial charge in [0.1, 0.15) is 11.5 Å². The van der Waals surface area contributed by atoms with Crippen LogP contribution in [-0.4, -0.2) is 20.8 Å². The van der Waals surface area contributed by atoms with E-state index in [0.717, 1.165) is 11.3 Å². The van der Waals surface area contributed by atoms with Gasteiger partial charge in [-0.15, -0.1) is 0 Å². The molecule has 0 bridgehead atoms. The lowest BCUT2D eigenvalue weighted by molar-refractivity contribution is 0.396. The lowest BCUT2D eigenvalue weighted by atomic mass is 10.00. The van der Waals surface area contributed by atoms with E-state index in [1.54, 1.807) is 20.3 Å². The average molecular weight is 230 g/mol. The van der Waals surface area contributed by atoms with Crippen molar-refractivity contribution in [2.24, 2.45) is 5.73 Å². The molecule has 0 saturated carbocycles. The Bertz CT molecular complexity index is 342. The molecule has 0 saturated heterocycles. The third kappa shape index (κ3) is 2.55. The number of methoxy groups -OCH3 is 2. The van der Waals surface area contributed by atoms with Crippen LogP contribution in [0, 0.1) is 0 Å². The summed E-state index contributed by atoms with van der Waals surface area (Å²) in [6, 6.07) is 3.63. The molecule has 0 aromatic heterocycles. The highest BCUT2D eigenvalue weighted by Gasteiger charge is 2.15. The van der Waals surface area contributed by atoms with Gasteiger partial charge in [0.2, 0.25) is 0 Å². The fourth-order valence-corrected chi connectivity index (χ4v) is 1.71. The van der Waals surface area contributed by atoms with E-state index in [4.69, 9.17) is 26.8 Å². The zero-order valence-electron chi connectivity index (χ0n) is 9.21. The summed E-state index contributed by atoms with van der Waals surface area (Å²) in [6.45, 7) is 2.56. The van der Waals surface area contributed by atoms with Crippen molar-refractivity contribution in [2.45, 2.75) is 12.8 Å². The number of ether oxygens (including phenoxy) is 2. The molecular weight excluding hydrogens is 214 g/mol. The van der Waals surface area contributed by atoms with Gasteiger partial charge in [0.25, 0.3) is 0 Å². The summed E-state index contributed by atoms with van der Waals surface area (Å²) in [7, 11) is 3.20. The lowest BCUT2D eigenvalue weighted by Crippen LogP contribution is -2.10. The van der Waals surface area contributed by atoms with Gasteiger partial charge < -0.3 is 15.2 Å². The van der Waals surface area contributed by atoms with E-state index in [0.29, 0.717) is 17.3 Å². The SMILES string of the molecule is COc1cc(Cl)c(OC)c(C(C)CN)c1. The number of halogens is 1. The quantitative estimate of drug-likeness (QED) is 0.863. The van der Waals surface area contributed by atoms with Crippen LogP contribution in [0.5, 0.6) is 11.5 Å². The van der Waals surface area contributed by atoms with Crippen LogP contribution < -0.4 is 15.2 Å². The number of nitrogens with two attached hydrogens (primary N) is 1. The molecule has 1 atom stereocenters. The molecule has 2 N–H and O–H groups in total. The Balaban J connectivity index is 3.25. The van der Waals surface area contributed by atoms with Crippen LogP contribution in [0.1, 0.15) is 18.4 Å². The highest BCUT2D eigenvalue weighted by molar-refractivity contribution is 6.32. The minimum Gasteiger partial charge on any atom is -0.497 e. The molecule has 0 radical (unpaired) electrons. The van der Waals surface area contributed by atoms with Crippen LogP contribution in [0.15, 0.2) is 12.1 Å². The first-order valence-corrected chi connectivity index (χ1v) is 5.13. The van der Waals surface area contributed by atoms with Crippen molar-refractivity contribution in [3.63, 3.8) is 0 Å². The van der Waals surface area contributed by atoms with Gasteiger partial charge in [-0.2, -0.15) is 0 Å². The van der Waals surface area contributed by atoms with Gasteiger partial charge in [-0.1, -0.05) is 18.5 Å². The second-order valence-electron chi connectivity index (χ2n) is 3.37. The summed E-state index contributed by atoms with van der Waals surface area (Å²) in [4.78, 5) is 0. The first-order valence-electron chi connectivity index (χ1n) is 4.75. The average Bonchev–Trinajstić information content (AvgIpc) is 2.26. The summed E-state index contributed by atoms with van der Waals surface area (Å²) in [5.74, 6) is 1.58. The number of benzene rings is 1. The Morgan fingerprint density at radius 3 is 2.47 bits per heavy atom. The van der Waals surface area contributed by atoms with Crippen molar-refractivity contribution in [1.29, 1.82) is 0 Å². The molecule has 0 amide bonds. The van der Waals surface area contributed by atoms with Crippen LogP contribution in [0.2, 0.25) is 5.02 Å². The van der Waals surface area contributed by atoms with Crippen LogP contribution >= 0.6 is 11.6 Å². The molecule has 1 aromatic carbocycles. The van der Waals surface area contributed by atoms with Gasteiger partial charge >= 0.3 is 0 Å². The van der Waals surface area contributed by atoms with Crippen LogP contribution in [-0.2, 0) is 0 Å². The van der Waals surface area contributed by atoms with Crippen molar-refractivity contribution >= 4 is 11.6 Å². The maximum Gasteiger partial charge on any atom is 0.141 e. The number of hydrogen-bond donors (Lipinski definition) is 1. The molecule has 1 unspecified atom stereocenters. The standard InChI is InChI=1S/C11H16ClNO2/c1-7(6-13)9-4-8(14-2)5-10(12)11(9)15-3/h4-5,7H,6,13H2,1-3H3.